The molecule has 3 nitrogen and oxygen atoms in total. The van der Waals surface area contributed by atoms with Crippen LogP contribution in [0, 0.1) is 0 Å². The number of hydrogen-bond donors (Lipinski definition) is 2. The normalized spacial score (nSPS) is 18.0. The van der Waals surface area contributed by atoms with Gasteiger partial charge in [0.1, 0.15) is 0 Å². The second kappa shape index (κ2) is 5.57. The molecule has 0 bridgehead atoms. The van der Waals surface area contributed by atoms with Crippen molar-refractivity contribution < 1.29 is 4.79 Å². The lowest BCUT2D eigenvalue weighted by molar-refractivity contribution is -0.126. The van der Waals surface area contributed by atoms with E-state index in [0.29, 0.717) is 6.54 Å². The molecule has 1 aliphatic rings. The van der Waals surface area contributed by atoms with Crippen molar-refractivity contribution in [3.63, 3.8) is 0 Å². The van der Waals surface area contributed by atoms with Gasteiger partial charge in [0.05, 0.1) is 5.54 Å². The molecular weight excluding hydrogens is 248 g/mol. The van der Waals surface area contributed by atoms with Gasteiger partial charge in [0.15, 0.2) is 0 Å². The molecule has 20 heavy (non-hydrogen) atoms. The van der Waals surface area contributed by atoms with Crippen molar-refractivity contribution in [3.05, 3.63) is 35.4 Å². The molecule has 0 unspecified atom stereocenters. The first-order valence-corrected chi connectivity index (χ1v) is 7.48. The highest BCUT2D eigenvalue weighted by molar-refractivity contribution is 5.86. The summed E-state index contributed by atoms with van der Waals surface area (Å²) in [6.45, 7) is 7.15. The quantitative estimate of drug-likeness (QED) is 0.890. The summed E-state index contributed by atoms with van der Waals surface area (Å²) in [5.41, 5.74) is 8.08. The Hall–Kier alpha value is -1.35. The maximum absolute atomic E-state index is 12.1. The number of hydrogen-bond acceptors (Lipinski definition) is 2. The van der Waals surface area contributed by atoms with Crippen LogP contribution < -0.4 is 11.1 Å². The third-order valence-electron chi connectivity index (χ3n) is 4.22. The second-order valence-electron chi connectivity index (χ2n) is 6.99. The molecule has 1 aromatic rings. The molecule has 0 radical (unpaired) electrons. The van der Waals surface area contributed by atoms with Gasteiger partial charge in [-0.1, -0.05) is 57.9 Å². The van der Waals surface area contributed by atoms with E-state index in [-0.39, 0.29) is 11.3 Å². The van der Waals surface area contributed by atoms with Crippen molar-refractivity contribution in [1.29, 1.82) is 0 Å². The van der Waals surface area contributed by atoms with Crippen LogP contribution in [0.15, 0.2) is 24.3 Å². The van der Waals surface area contributed by atoms with Crippen LogP contribution in [0.25, 0.3) is 0 Å². The van der Waals surface area contributed by atoms with E-state index in [0.717, 1.165) is 31.2 Å². The summed E-state index contributed by atoms with van der Waals surface area (Å²) < 4.78 is 0. The molecule has 0 aliphatic heterocycles. The summed E-state index contributed by atoms with van der Waals surface area (Å²) in [5, 5.41) is 2.98. The summed E-state index contributed by atoms with van der Waals surface area (Å²) >= 11 is 0. The van der Waals surface area contributed by atoms with Gasteiger partial charge < -0.3 is 11.1 Å². The average Bonchev–Trinajstić information content (AvgIpc) is 2.84. The summed E-state index contributed by atoms with van der Waals surface area (Å²) in [6.07, 6.45) is 3.73. The van der Waals surface area contributed by atoms with Gasteiger partial charge in [0.25, 0.3) is 0 Å². The molecule has 3 N–H and O–H groups in total. The molecule has 2 rings (SSSR count). The van der Waals surface area contributed by atoms with E-state index in [2.05, 4.69) is 50.4 Å². The fourth-order valence-electron chi connectivity index (χ4n) is 2.71. The van der Waals surface area contributed by atoms with E-state index in [4.69, 9.17) is 5.73 Å². The van der Waals surface area contributed by atoms with E-state index in [1.165, 1.54) is 5.56 Å². The second-order valence-corrected chi connectivity index (χ2v) is 6.99. The molecule has 1 aromatic carbocycles. The van der Waals surface area contributed by atoms with E-state index in [1.54, 1.807) is 0 Å². The first-order chi connectivity index (χ1) is 9.31. The van der Waals surface area contributed by atoms with Gasteiger partial charge >= 0.3 is 0 Å². The minimum atomic E-state index is -0.634. The largest absolute Gasteiger partial charge is 0.350 e. The zero-order valence-corrected chi connectivity index (χ0v) is 12.8. The Bertz CT molecular complexity index is 465. The minimum absolute atomic E-state index is 0.00472. The van der Waals surface area contributed by atoms with Crippen LogP contribution in [-0.2, 0) is 16.8 Å². The Morgan fingerprint density at radius 3 is 2.25 bits per heavy atom. The summed E-state index contributed by atoms with van der Waals surface area (Å²) in [5.74, 6) is -0.00472. The van der Waals surface area contributed by atoms with Gasteiger partial charge in [0, 0.05) is 6.54 Å². The average molecular weight is 274 g/mol. The molecule has 1 aliphatic carbocycles. The van der Waals surface area contributed by atoms with E-state index < -0.39 is 5.54 Å². The van der Waals surface area contributed by atoms with Crippen molar-refractivity contribution in [2.24, 2.45) is 5.73 Å². The van der Waals surface area contributed by atoms with Crippen molar-refractivity contribution >= 4 is 5.91 Å². The molecule has 0 spiro atoms. The molecule has 0 heterocycles. The predicted molar refractivity (Wildman–Crippen MR) is 82.4 cm³/mol. The zero-order valence-electron chi connectivity index (χ0n) is 12.8. The molecule has 0 atom stereocenters. The number of amides is 1. The highest BCUT2D eigenvalue weighted by Crippen LogP contribution is 2.27. The van der Waals surface area contributed by atoms with Gasteiger partial charge in [-0.3, -0.25) is 4.79 Å². The van der Waals surface area contributed by atoms with Crippen LogP contribution in [0.5, 0.6) is 0 Å². The highest BCUT2D eigenvalue weighted by Gasteiger charge is 2.36. The fourth-order valence-corrected chi connectivity index (χ4v) is 2.71. The summed E-state index contributed by atoms with van der Waals surface area (Å²) in [7, 11) is 0. The van der Waals surface area contributed by atoms with Crippen LogP contribution in [-0.4, -0.2) is 11.4 Å². The molecule has 110 valence electrons. The lowest BCUT2D eigenvalue weighted by atomic mass is 9.87. The van der Waals surface area contributed by atoms with Crippen molar-refractivity contribution in [1.82, 2.24) is 5.32 Å². The number of nitrogens with two attached hydrogens (primary N) is 1. The van der Waals surface area contributed by atoms with Crippen molar-refractivity contribution in [2.45, 2.75) is 64.0 Å². The Kier molecular flexibility index (Phi) is 4.19. The Morgan fingerprint density at radius 2 is 1.75 bits per heavy atom. The first kappa shape index (κ1) is 15.0. The first-order valence-electron chi connectivity index (χ1n) is 7.48. The van der Waals surface area contributed by atoms with Gasteiger partial charge in [-0.15, -0.1) is 0 Å². The Labute approximate surface area is 121 Å². The van der Waals surface area contributed by atoms with Gasteiger partial charge in [-0.25, -0.2) is 0 Å². The SMILES string of the molecule is CC(C)(C)c1ccc(CNC(=O)C2(N)CCCC2)cc1. The number of carbonyl (C=O) groups excluding carboxylic acids is 1. The summed E-state index contributed by atoms with van der Waals surface area (Å²) in [6, 6.07) is 8.43. The van der Waals surface area contributed by atoms with Crippen LogP contribution in [0.1, 0.15) is 57.6 Å². The molecular formula is C17H26N2O. The number of rotatable bonds is 3. The third kappa shape index (κ3) is 3.40. The lowest BCUT2D eigenvalue weighted by Crippen LogP contribution is -2.51. The van der Waals surface area contributed by atoms with E-state index >= 15 is 0 Å². The Balaban J connectivity index is 1.93. The summed E-state index contributed by atoms with van der Waals surface area (Å²) in [4.78, 5) is 12.1. The number of benzene rings is 1. The van der Waals surface area contributed by atoms with Crippen molar-refractivity contribution in [2.75, 3.05) is 0 Å². The van der Waals surface area contributed by atoms with Gasteiger partial charge in [-0.2, -0.15) is 0 Å². The zero-order chi connectivity index (χ0) is 14.8. The van der Waals surface area contributed by atoms with E-state index in [9.17, 15) is 4.79 Å². The van der Waals surface area contributed by atoms with Crippen molar-refractivity contribution in [3.8, 4) is 0 Å². The lowest BCUT2D eigenvalue weighted by Gasteiger charge is -2.22. The fraction of sp³-hybridized carbons (Fsp3) is 0.588. The molecule has 1 fully saturated rings. The number of carbonyl (C=O) groups is 1. The highest BCUT2D eigenvalue weighted by atomic mass is 16.2. The molecule has 0 aromatic heterocycles. The maximum Gasteiger partial charge on any atom is 0.240 e. The van der Waals surface area contributed by atoms with Crippen LogP contribution in [0.3, 0.4) is 0 Å². The molecule has 3 heteroatoms. The molecule has 0 saturated heterocycles. The Morgan fingerprint density at radius 1 is 1.20 bits per heavy atom. The monoisotopic (exact) mass is 274 g/mol. The molecule has 1 amide bonds. The third-order valence-corrected chi connectivity index (χ3v) is 4.22. The van der Waals surface area contributed by atoms with Crippen LogP contribution in [0.4, 0.5) is 0 Å². The number of nitrogens with one attached hydrogen (secondary N) is 1. The van der Waals surface area contributed by atoms with Gasteiger partial charge in [-0.05, 0) is 29.4 Å². The van der Waals surface area contributed by atoms with Crippen LogP contribution >= 0.6 is 0 Å². The van der Waals surface area contributed by atoms with E-state index in [1.807, 2.05) is 0 Å². The topological polar surface area (TPSA) is 55.1 Å². The van der Waals surface area contributed by atoms with Crippen LogP contribution in [0.2, 0.25) is 0 Å². The minimum Gasteiger partial charge on any atom is -0.350 e. The smallest absolute Gasteiger partial charge is 0.240 e. The predicted octanol–water partition coefficient (Wildman–Crippen LogP) is 2.87. The standard InChI is InChI=1S/C17H26N2O/c1-16(2,3)14-8-6-13(7-9-14)12-19-15(20)17(18)10-4-5-11-17/h6-9H,4-5,10-12,18H2,1-3H3,(H,19,20). The molecule has 1 saturated carbocycles. The van der Waals surface area contributed by atoms with Gasteiger partial charge in [0.2, 0.25) is 5.91 Å². The maximum atomic E-state index is 12.1.